The molecule has 1 aromatic carbocycles. The fourth-order valence-electron chi connectivity index (χ4n) is 4.84. The SMILES string of the molecule is CCn1nc2c(c1C(=O)N1CCNC(=O)[C@@H]1Cc1ccc(-c3cccs3)cc1)CCCC2. The number of piperazine rings is 1. The lowest BCUT2D eigenvalue weighted by molar-refractivity contribution is -0.127. The van der Waals surface area contributed by atoms with Gasteiger partial charge in [0.15, 0.2) is 0 Å². The van der Waals surface area contributed by atoms with E-state index in [0.717, 1.165) is 42.5 Å². The summed E-state index contributed by atoms with van der Waals surface area (Å²) >= 11 is 1.71. The highest BCUT2D eigenvalue weighted by Crippen LogP contribution is 2.28. The molecule has 32 heavy (non-hydrogen) atoms. The maximum atomic E-state index is 13.8. The van der Waals surface area contributed by atoms with E-state index in [4.69, 9.17) is 5.10 Å². The molecule has 0 bridgehead atoms. The minimum absolute atomic E-state index is 0.0578. The third-order valence-corrected chi connectivity index (χ3v) is 7.43. The van der Waals surface area contributed by atoms with Crippen LogP contribution in [0.3, 0.4) is 0 Å². The van der Waals surface area contributed by atoms with Gasteiger partial charge in [0, 0.05) is 36.5 Å². The number of nitrogens with one attached hydrogen (secondary N) is 1. The molecule has 1 aliphatic carbocycles. The molecule has 1 aliphatic heterocycles. The van der Waals surface area contributed by atoms with Crippen LogP contribution in [-0.2, 0) is 30.6 Å². The van der Waals surface area contributed by atoms with Gasteiger partial charge in [0.25, 0.3) is 5.91 Å². The lowest BCUT2D eigenvalue weighted by atomic mass is 9.94. The molecular formula is C25H28N4O2S. The molecule has 0 saturated carbocycles. The zero-order valence-corrected chi connectivity index (χ0v) is 19.2. The van der Waals surface area contributed by atoms with E-state index in [1.807, 2.05) is 17.7 Å². The molecule has 0 spiro atoms. The molecule has 0 unspecified atom stereocenters. The third kappa shape index (κ3) is 3.86. The van der Waals surface area contributed by atoms with E-state index in [9.17, 15) is 9.59 Å². The molecule has 3 aromatic rings. The molecule has 5 rings (SSSR count). The summed E-state index contributed by atoms with van der Waals surface area (Å²) in [7, 11) is 0. The van der Waals surface area contributed by atoms with E-state index in [-0.39, 0.29) is 11.8 Å². The van der Waals surface area contributed by atoms with Gasteiger partial charge in [-0.15, -0.1) is 11.3 Å². The van der Waals surface area contributed by atoms with Gasteiger partial charge in [0.1, 0.15) is 11.7 Å². The summed E-state index contributed by atoms with van der Waals surface area (Å²) in [4.78, 5) is 29.6. The summed E-state index contributed by atoms with van der Waals surface area (Å²) in [6.45, 7) is 3.68. The second-order valence-electron chi connectivity index (χ2n) is 8.48. The molecule has 2 aromatic heterocycles. The normalized spacial score (nSPS) is 18.3. The summed E-state index contributed by atoms with van der Waals surface area (Å²) < 4.78 is 1.84. The van der Waals surface area contributed by atoms with Crippen molar-refractivity contribution in [3.8, 4) is 10.4 Å². The van der Waals surface area contributed by atoms with E-state index < -0.39 is 6.04 Å². The van der Waals surface area contributed by atoms with Crippen LogP contribution in [0.25, 0.3) is 10.4 Å². The molecule has 7 heteroatoms. The van der Waals surface area contributed by atoms with Crippen molar-refractivity contribution in [2.24, 2.45) is 0 Å². The number of hydrogen-bond donors (Lipinski definition) is 1. The Labute approximate surface area is 192 Å². The van der Waals surface area contributed by atoms with E-state index in [0.29, 0.717) is 31.7 Å². The first-order chi connectivity index (χ1) is 15.7. The average Bonchev–Trinajstić information content (AvgIpc) is 3.48. The van der Waals surface area contributed by atoms with E-state index in [1.54, 1.807) is 16.2 Å². The van der Waals surface area contributed by atoms with Gasteiger partial charge in [-0.2, -0.15) is 5.10 Å². The molecular weight excluding hydrogens is 420 g/mol. The van der Waals surface area contributed by atoms with E-state index >= 15 is 0 Å². The number of amides is 2. The van der Waals surface area contributed by atoms with Crippen LogP contribution < -0.4 is 5.32 Å². The van der Waals surface area contributed by atoms with Gasteiger partial charge >= 0.3 is 0 Å². The summed E-state index contributed by atoms with van der Waals surface area (Å²) in [5.74, 6) is -0.138. The van der Waals surface area contributed by atoms with Crippen LogP contribution in [0.1, 0.15) is 47.1 Å². The number of fused-ring (bicyclic) bond motifs is 1. The number of nitrogens with zero attached hydrogens (tertiary/aromatic N) is 3. The topological polar surface area (TPSA) is 67.2 Å². The van der Waals surface area contributed by atoms with Gasteiger partial charge in [0.2, 0.25) is 5.91 Å². The Bertz CT molecular complexity index is 1120. The number of benzene rings is 1. The third-order valence-electron chi connectivity index (χ3n) is 6.51. The Hall–Kier alpha value is -2.93. The van der Waals surface area contributed by atoms with Crippen LogP contribution in [0.5, 0.6) is 0 Å². The van der Waals surface area contributed by atoms with Crippen molar-refractivity contribution in [3.63, 3.8) is 0 Å². The number of thiophene rings is 1. The Morgan fingerprint density at radius 2 is 2.00 bits per heavy atom. The maximum absolute atomic E-state index is 13.8. The van der Waals surface area contributed by atoms with Crippen molar-refractivity contribution in [2.45, 2.75) is 51.6 Å². The summed E-state index contributed by atoms with van der Waals surface area (Å²) in [5.41, 5.74) is 5.06. The van der Waals surface area contributed by atoms with Gasteiger partial charge in [-0.05, 0) is 55.2 Å². The first-order valence-corrected chi connectivity index (χ1v) is 12.3. The lowest BCUT2D eigenvalue weighted by Crippen LogP contribution is -2.58. The molecule has 1 N–H and O–H groups in total. The number of aromatic nitrogens is 2. The van der Waals surface area contributed by atoms with Crippen LogP contribution in [0.4, 0.5) is 0 Å². The number of rotatable bonds is 5. The highest BCUT2D eigenvalue weighted by molar-refractivity contribution is 7.13. The molecule has 2 amide bonds. The molecule has 3 heterocycles. The quantitative estimate of drug-likeness (QED) is 0.647. The minimum Gasteiger partial charge on any atom is -0.353 e. The Balaban J connectivity index is 1.41. The number of hydrogen-bond acceptors (Lipinski definition) is 4. The highest BCUT2D eigenvalue weighted by Gasteiger charge is 2.37. The van der Waals surface area contributed by atoms with Gasteiger partial charge < -0.3 is 10.2 Å². The highest BCUT2D eigenvalue weighted by atomic mass is 32.1. The Morgan fingerprint density at radius 1 is 1.19 bits per heavy atom. The van der Waals surface area contributed by atoms with Crippen LogP contribution in [0.15, 0.2) is 41.8 Å². The number of carbonyl (C=O) groups is 2. The van der Waals surface area contributed by atoms with Gasteiger partial charge in [-0.1, -0.05) is 30.3 Å². The Morgan fingerprint density at radius 3 is 2.75 bits per heavy atom. The summed E-state index contributed by atoms with van der Waals surface area (Å²) in [6, 6.07) is 12.0. The van der Waals surface area contributed by atoms with Crippen LogP contribution >= 0.6 is 11.3 Å². The summed E-state index contributed by atoms with van der Waals surface area (Å²) in [6.07, 6.45) is 4.54. The first-order valence-electron chi connectivity index (χ1n) is 11.5. The van der Waals surface area contributed by atoms with Crippen molar-refractivity contribution >= 4 is 23.2 Å². The number of aryl methyl sites for hydroxylation is 2. The van der Waals surface area contributed by atoms with Crippen LogP contribution in [0, 0.1) is 0 Å². The van der Waals surface area contributed by atoms with Crippen LogP contribution in [-0.4, -0.2) is 45.6 Å². The molecule has 6 nitrogen and oxygen atoms in total. The van der Waals surface area contributed by atoms with E-state index in [2.05, 4.69) is 41.0 Å². The van der Waals surface area contributed by atoms with Crippen molar-refractivity contribution in [3.05, 3.63) is 64.3 Å². The molecule has 1 saturated heterocycles. The lowest BCUT2D eigenvalue weighted by Gasteiger charge is -2.35. The minimum atomic E-state index is -0.511. The number of carbonyl (C=O) groups excluding carboxylic acids is 2. The summed E-state index contributed by atoms with van der Waals surface area (Å²) in [5, 5.41) is 9.74. The fraction of sp³-hybridized carbons (Fsp3) is 0.400. The van der Waals surface area contributed by atoms with Gasteiger partial charge in [-0.25, -0.2) is 0 Å². The zero-order chi connectivity index (χ0) is 22.1. The standard InChI is InChI=1S/C25H28N4O2S/c1-2-29-23(19-6-3-4-7-20(19)27-29)25(31)28-14-13-26-24(30)21(28)16-17-9-11-18(12-10-17)22-8-5-15-32-22/h5,8-12,15,21H,2-4,6-7,13-14,16H2,1H3,(H,26,30)/t21-/m0/s1. The van der Waals surface area contributed by atoms with Crippen LogP contribution in [0.2, 0.25) is 0 Å². The van der Waals surface area contributed by atoms with Crippen molar-refractivity contribution < 1.29 is 9.59 Å². The zero-order valence-electron chi connectivity index (χ0n) is 18.3. The predicted molar refractivity (Wildman–Crippen MR) is 126 cm³/mol. The second kappa shape index (κ2) is 8.90. The average molecular weight is 449 g/mol. The fourth-order valence-corrected chi connectivity index (χ4v) is 5.58. The molecule has 0 radical (unpaired) electrons. The second-order valence-corrected chi connectivity index (χ2v) is 9.43. The molecule has 2 aliphatic rings. The van der Waals surface area contributed by atoms with Crippen molar-refractivity contribution in [2.75, 3.05) is 13.1 Å². The predicted octanol–water partition coefficient (Wildman–Crippen LogP) is 3.69. The van der Waals surface area contributed by atoms with Gasteiger partial charge in [-0.3, -0.25) is 14.3 Å². The molecule has 1 fully saturated rings. The van der Waals surface area contributed by atoms with Crippen molar-refractivity contribution in [1.29, 1.82) is 0 Å². The molecule has 166 valence electrons. The Kier molecular flexibility index (Phi) is 5.83. The monoisotopic (exact) mass is 448 g/mol. The smallest absolute Gasteiger partial charge is 0.273 e. The van der Waals surface area contributed by atoms with Gasteiger partial charge in [0.05, 0.1) is 5.69 Å². The van der Waals surface area contributed by atoms with E-state index in [1.165, 1.54) is 10.4 Å². The molecule has 1 atom stereocenters. The first kappa shape index (κ1) is 20.9. The largest absolute Gasteiger partial charge is 0.353 e. The maximum Gasteiger partial charge on any atom is 0.273 e. The van der Waals surface area contributed by atoms with Crippen molar-refractivity contribution in [1.82, 2.24) is 20.0 Å².